The fourth-order valence-electron chi connectivity index (χ4n) is 6.21. The molecule has 2 amide bonds. The maximum atomic E-state index is 13.2. The van der Waals surface area contributed by atoms with Gasteiger partial charge in [-0.3, -0.25) is 14.5 Å². The summed E-state index contributed by atoms with van der Waals surface area (Å²) in [6.45, 7) is 4.13. The number of benzene rings is 1. The number of anilines is 2. The molecule has 1 aromatic heterocycles. The Labute approximate surface area is 231 Å². The van der Waals surface area contributed by atoms with E-state index in [1.807, 2.05) is 24.3 Å². The van der Waals surface area contributed by atoms with E-state index in [0.717, 1.165) is 75.5 Å². The fraction of sp³-hybridized carbons (Fsp3) is 0.600. The standard InChI is InChI=1S/C30H43N7O2/c31-25-8-3-4-9-26(25)35-29(39)23-11-12-24(27(20-23)34-28(38)13-10-22-6-1-2-7-22)21-36-16-18-37(19-17-36)30-32-14-5-15-33-30/h5,11-12,14-15,20,22,25-26H,1-4,6-10,13,16-19,21,31H2,(H,34,38)(H,35,39). The smallest absolute Gasteiger partial charge is 0.251 e. The van der Waals surface area contributed by atoms with Crippen molar-refractivity contribution in [1.29, 1.82) is 0 Å². The summed E-state index contributed by atoms with van der Waals surface area (Å²) in [7, 11) is 0. The highest BCUT2D eigenvalue weighted by molar-refractivity contribution is 5.98. The van der Waals surface area contributed by atoms with Crippen molar-refractivity contribution in [2.45, 2.75) is 82.8 Å². The van der Waals surface area contributed by atoms with Crippen LogP contribution in [0.1, 0.15) is 80.1 Å². The Morgan fingerprint density at radius 2 is 1.67 bits per heavy atom. The number of nitrogens with one attached hydrogen (secondary N) is 2. The molecule has 2 aliphatic carbocycles. The van der Waals surface area contributed by atoms with Crippen LogP contribution in [0.15, 0.2) is 36.7 Å². The molecule has 1 aliphatic heterocycles. The average molecular weight is 534 g/mol. The molecule has 2 heterocycles. The Morgan fingerprint density at radius 3 is 2.41 bits per heavy atom. The molecule has 0 spiro atoms. The highest BCUT2D eigenvalue weighted by Crippen LogP contribution is 2.29. The summed E-state index contributed by atoms with van der Waals surface area (Å²) in [6, 6.07) is 7.55. The molecule has 3 fully saturated rings. The summed E-state index contributed by atoms with van der Waals surface area (Å²) in [5.74, 6) is 1.33. The second-order valence-corrected chi connectivity index (χ2v) is 11.4. The lowest BCUT2D eigenvalue weighted by Gasteiger charge is -2.35. The number of rotatable bonds is 9. The zero-order valence-electron chi connectivity index (χ0n) is 23.0. The third-order valence-electron chi connectivity index (χ3n) is 8.64. The average Bonchev–Trinajstić information content (AvgIpc) is 3.49. The molecule has 210 valence electrons. The van der Waals surface area contributed by atoms with E-state index in [1.165, 1.54) is 25.7 Å². The zero-order valence-corrected chi connectivity index (χ0v) is 23.0. The summed E-state index contributed by atoms with van der Waals surface area (Å²) in [5, 5.41) is 6.31. The van der Waals surface area contributed by atoms with E-state index in [-0.39, 0.29) is 23.9 Å². The molecule has 0 radical (unpaired) electrons. The maximum Gasteiger partial charge on any atom is 0.251 e. The molecule has 0 bridgehead atoms. The van der Waals surface area contributed by atoms with Crippen LogP contribution in [0.5, 0.6) is 0 Å². The largest absolute Gasteiger partial charge is 0.348 e. The van der Waals surface area contributed by atoms with Crippen LogP contribution in [-0.2, 0) is 11.3 Å². The van der Waals surface area contributed by atoms with Crippen LogP contribution in [-0.4, -0.2) is 64.9 Å². The molecule has 1 aromatic carbocycles. The van der Waals surface area contributed by atoms with Gasteiger partial charge in [-0.25, -0.2) is 9.97 Å². The van der Waals surface area contributed by atoms with Crippen molar-refractivity contribution in [2.75, 3.05) is 36.4 Å². The molecule has 2 aromatic rings. The van der Waals surface area contributed by atoms with Gasteiger partial charge in [0, 0.05) is 74.9 Å². The molecule has 9 heteroatoms. The first kappa shape index (κ1) is 27.5. The van der Waals surface area contributed by atoms with Gasteiger partial charge in [-0.2, -0.15) is 0 Å². The Bertz CT molecular complexity index is 1100. The van der Waals surface area contributed by atoms with Crippen LogP contribution in [0.3, 0.4) is 0 Å². The van der Waals surface area contributed by atoms with Crippen molar-refractivity contribution < 1.29 is 9.59 Å². The van der Waals surface area contributed by atoms with Gasteiger partial charge in [0.1, 0.15) is 0 Å². The summed E-state index contributed by atoms with van der Waals surface area (Å²) in [5.41, 5.74) is 8.60. The lowest BCUT2D eigenvalue weighted by atomic mass is 9.91. The molecular formula is C30H43N7O2. The number of hydrogen-bond donors (Lipinski definition) is 3. The van der Waals surface area contributed by atoms with Crippen LogP contribution >= 0.6 is 0 Å². The van der Waals surface area contributed by atoms with Crippen LogP contribution in [0.25, 0.3) is 0 Å². The first-order chi connectivity index (χ1) is 19.0. The van der Waals surface area contributed by atoms with Gasteiger partial charge in [0.05, 0.1) is 0 Å². The van der Waals surface area contributed by atoms with Crippen molar-refractivity contribution in [3.05, 3.63) is 47.8 Å². The molecule has 4 N–H and O–H groups in total. The fourth-order valence-corrected chi connectivity index (χ4v) is 6.21. The molecule has 2 saturated carbocycles. The lowest BCUT2D eigenvalue weighted by Crippen LogP contribution is -2.49. The minimum absolute atomic E-state index is 0.000249. The van der Waals surface area contributed by atoms with Crippen LogP contribution < -0.4 is 21.3 Å². The molecule has 39 heavy (non-hydrogen) atoms. The summed E-state index contributed by atoms with van der Waals surface area (Å²) in [4.78, 5) is 39.5. The van der Waals surface area contributed by atoms with E-state index >= 15 is 0 Å². The number of nitrogens with two attached hydrogens (primary N) is 1. The predicted molar refractivity (Wildman–Crippen MR) is 153 cm³/mol. The van der Waals surface area contributed by atoms with E-state index < -0.39 is 0 Å². The summed E-state index contributed by atoms with van der Waals surface area (Å²) < 4.78 is 0. The molecule has 5 rings (SSSR count). The highest BCUT2D eigenvalue weighted by atomic mass is 16.2. The number of piperazine rings is 1. The molecular weight excluding hydrogens is 490 g/mol. The number of hydrogen-bond acceptors (Lipinski definition) is 7. The van der Waals surface area contributed by atoms with E-state index in [2.05, 4.69) is 30.4 Å². The first-order valence-electron chi connectivity index (χ1n) is 14.8. The van der Waals surface area contributed by atoms with Gasteiger partial charge in [-0.1, -0.05) is 44.6 Å². The molecule has 1 saturated heterocycles. The van der Waals surface area contributed by atoms with E-state index in [4.69, 9.17) is 5.73 Å². The maximum absolute atomic E-state index is 13.2. The number of carbonyl (C=O) groups is 2. The van der Waals surface area contributed by atoms with Crippen LogP contribution in [0.4, 0.5) is 11.6 Å². The summed E-state index contributed by atoms with van der Waals surface area (Å²) >= 11 is 0. The van der Waals surface area contributed by atoms with Crippen molar-refractivity contribution in [1.82, 2.24) is 20.2 Å². The Morgan fingerprint density at radius 1 is 0.949 bits per heavy atom. The van der Waals surface area contributed by atoms with Crippen LogP contribution in [0.2, 0.25) is 0 Å². The van der Waals surface area contributed by atoms with Gasteiger partial charge >= 0.3 is 0 Å². The number of amides is 2. The van der Waals surface area contributed by atoms with Gasteiger partial charge in [-0.05, 0) is 48.9 Å². The lowest BCUT2D eigenvalue weighted by molar-refractivity contribution is -0.116. The predicted octanol–water partition coefficient (Wildman–Crippen LogP) is 3.71. The molecule has 2 atom stereocenters. The molecule has 2 unspecified atom stereocenters. The van der Waals surface area contributed by atoms with E-state index in [0.29, 0.717) is 24.4 Å². The summed E-state index contributed by atoms with van der Waals surface area (Å²) in [6.07, 6.45) is 14.1. The minimum Gasteiger partial charge on any atom is -0.348 e. The normalized spacial score (nSPS) is 22.5. The van der Waals surface area contributed by atoms with Gasteiger partial charge in [0.25, 0.3) is 5.91 Å². The Kier molecular flexibility index (Phi) is 9.42. The van der Waals surface area contributed by atoms with Crippen molar-refractivity contribution in [3.63, 3.8) is 0 Å². The van der Waals surface area contributed by atoms with Gasteiger partial charge in [-0.15, -0.1) is 0 Å². The third kappa shape index (κ3) is 7.54. The van der Waals surface area contributed by atoms with Crippen molar-refractivity contribution >= 4 is 23.5 Å². The number of carbonyl (C=O) groups excluding carboxylic acids is 2. The second-order valence-electron chi connectivity index (χ2n) is 11.4. The number of aromatic nitrogens is 2. The second kappa shape index (κ2) is 13.3. The highest BCUT2D eigenvalue weighted by Gasteiger charge is 2.25. The quantitative estimate of drug-likeness (QED) is 0.450. The van der Waals surface area contributed by atoms with Crippen molar-refractivity contribution in [3.8, 4) is 0 Å². The van der Waals surface area contributed by atoms with Crippen molar-refractivity contribution in [2.24, 2.45) is 11.7 Å². The Hall–Kier alpha value is -3.04. The van der Waals surface area contributed by atoms with Gasteiger partial charge in [0.2, 0.25) is 11.9 Å². The first-order valence-corrected chi connectivity index (χ1v) is 14.8. The Balaban J connectivity index is 1.25. The monoisotopic (exact) mass is 533 g/mol. The van der Waals surface area contributed by atoms with Gasteiger partial charge in [0.15, 0.2) is 0 Å². The zero-order chi connectivity index (χ0) is 27.0. The van der Waals surface area contributed by atoms with E-state index in [9.17, 15) is 9.59 Å². The van der Waals surface area contributed by atoms with E-state index in [1.54, 1.807) is 12.4 Å². The molecule has 9 nitrogen and oxygen atoms in total. The minimum atomic E-state index is -0.123. The van der Waals surface area contributed by atoms with Crippen LogP contribution in [0, 0.1) is 5.92 Å². The molecule has 3 aliphatic rings. The van der Waals surface area contributed by atoms with Gasteiger partial charge < -0.3 is 21.3 Å². The number of nitrogens with zero attached hydrogens (tertiary/aromatic N) is 4. The SMILES string of the molecule is NC1CCCCC1NC(=O)c1ccc(CN2CCN(c3ncccn3)CC2)c(NC(=O)CCC2CCCC2)c1. The topological polar surface area (TPSA) is 116 Å². The third-order valence-corrected chi connectivity index (χ3v) is 8.64.